The van der Waals surface area contributed by atoms with Gasteiger partial charge < -0.3 is 15.0 Å². The second-order valence-corrected chi connectivity index (χ2v) is 8.56. The number of nitrogens with one attached hydrogen (secondary N) is 1. The van der Waals surface area contributed by atoms with Crippen molar-refractivity contribution in [2.24, 2.45) is 11.3 Å². The predicted octanol–water partition coefficient (Wildman–Crippen LogP) is 2.75. The van der Waals surface area contributed by atoms with Gasteiger partial charge in [0.25, 0.3) is 0 Å². The van der Waals surface area contributed by atoms with Gasteiger partial charge >= 0.3 is 6.09 Å². The van der Waals surface area contributed by atoms with E-state index in [1.807, 2.05) is 0 Å². The van der Waals surface area contributed by atoms with Crippen LogP contribution in [0.4, 0.5) is 4.79 Å². The fraction of sp³-hybridized carbons (Fsp3) is 0.737. The number of alkyl carbamates (subject to hydrolysis) is 1. The normalized spacial score (nSPS) is 30.3. The Labute approximate surface area is 149 Å². The molecule has 3 fully saturated rings. The monoisotopic (exact) mass is 345 g/mol. The number of hydrogen-bond acceptors (Lipinski definition) is 4. The van der Waals surface area contributed by atoms with E-state index in [1.54, 1.807) is 31.7 Å². The minimum absolute atomic E-state index is 0.155. The molecule has 1 N–H and O–H groups in total. The molecule has 2 aliphatic carbocycles. The summed E-state index contributed by atoms with van der Waals surface area (Å²) in [5.41, 5.74) is -1.08. The van der Waals surface area contributed by atoms with Gasteiger partial charge in [0.15, 0.2) is 0 Å². The second-order valence-electron chi connectivity index (χ2n) is 8.56. The van der Waals surface area contributed by atoms with Crippen molar-refractivity contribution in [3.05, 3.63) is 12.7 Å². The molecule has 4 atom stereocenters. The van der Waals surface area contributed by atoms with Crippen molar-refractivity contribution in [3.8, 4) is 6.07 Å². The lowest BCUT2D eigenvalue weighted by Crippen LogP contribution is -2.60. The summed E-state index contributed by atoms with van der Waals surface area (Å²) in [6.45, 7) is 9.27. The Hall–Kier alpha value is -2.03. The summed E-state index contributed by atoms with van der Waals surface area (Å²) in [7, 11) is 0. The van der Waals surface area contributed by atoms with E-state index in [2.05, 4.69) is 18.0 Å². The molecule has 0 bridgehead atoms. The molecule has 0 aromatic carbocycles. The highest BCUT2D eigenvalue weighted by molar-refractivity contribution is 5.88. The second kappa shape index (κ2) is 6.05. The number of piperidine rings is 1. The number of amides is 2. The Kier molecular flexibility index (Phi) is 4.30. The van der Waals surface area contributed by atoms with Crippen molar-refractivity contribution in [2.75, 3.05) is 0 Å². The van der Waals surface area contributed by atoms with E-state index in [0.717, 1.165) is 32.1 Å². The molecule has 1 aliphatic heterocycles. The van der Waals surface area contributed by atoms with Crippen molar-refractivity contribution < 1.29 is 14.3 Å². The van der Waals surface area contributed by atoms with Gasteiger partial charge in [0.2, 0.25) is 5.91 Å². The zero-order valence-corrected chi connectivity index (χ0v) is 15.2. The summed E-state index contributed by atoms with van der Waals surface area (Å²) in [5.74, 6) is 0.277. The lowest BCUT2D eigenvalue weighted by atomic mass is 9.63. The first-order chi connectivity index (χ1) is 11.7. The molecule has 3 aliphatic rings. The van der Waals surface area contributed by atoms with Crippen LogP contribution in [0.1, 0.15) is 52.9 Å². The molecular formula is C19H27N3O3. The molecule has 0 radical (unpaired) electrons. The zero-order valence-electron chi connectivity index (χ0n) is 15.2. The van der Waals surface area contributed by atoms with Gasteiger partial charge in [0, 0.05) is 11.5 Å². The van der Waals surface area contributed by atoms with E-state index in [0.29, 0.717) is 5.92 Å². The third-order valence-electron chi connectivity index (χ3n) is 5.68. The average molecular weight is 345 g/mol. The molecule has 6 nitrogen and oxygen atoms in total. The molecule has 1 saturated heterocycles. The average Bonchev–Trinajstić information content (AvgIpc) is 3.13. The number of carbonyl (C=O) groups excluding carboxylic acids is 2. The number of likely N-dealkylation sites (tertiary alicyclic amines) is 1. The van der Waals surface area contributed by atoms with Crippen LogP contribution in [0.25, 0.3) is 0 Å². The Morgan fingerprint density at radius 2 is 2.08 bits per heavy atom. The van der Waals surface area contributed by atoms with Gasteiger partial charge in [-0.1, -0.05) is 12.5 Å². The molecule has 25 heavy (non-hydrogen) atoms. The number of hydrogen-bond donors (Lipinski definition) is 1. The molecule has 2 amide bonds. The molecular weight excluding hydrogens is 318 g/mol. The standard InChI is InChI=1S/C19H27N3O3/c1-5-19(7-6-8-19)15(21-17(24)25-18(2,3)4)16(23)22-13(11-20)9-12-10-14(12)22/h5,12-15H,1,6-10H2,2-4H3,(H,21,24)/t12-,13+,14+,15-/m1/s1. The maximum Gasteiger partial charge on any atom is 0.408 e. The van der Waals surface area contributed by atoms with Crippen LogP contribution in [0, 0.1) is 22.7 Å². The number of fused-ring (bicyclic) bond motifs is 1. The van der Waals surface area contributed by atoms with Crippen molar-refractivity contribution in [2.45, 2.75) is 76.6 Å². The van der Waals surface area contributed by atoms with Crippen LogP contribution < -0.4 is 5.32 Å². The molecule has 0 aromatic heterocycles. The summed E-state index contributed by atoms with van der Waals surface area (Å²) >= 11 is 0. The van der Waals surface area contributed by atoms with Gasteiger partial charge in [-0.2, -0.15) is 5.26 Å². The number of nitriles is 1. The van der Waals surface area contributed by atoms with Crippen molar-refractivity contribution >= 4 is 12.0 Å². The first kappa shape index (κ1) is 17.8. The molecule has 0 aromatic rings. The molecule has 6 heteroatoms. The first-order valence-electron chi connectivity index (χ1n) is 9.06. The summed E-state index contributed by atoms with van der Waals surface area (Å²) in [5, 5.41) is 12.2. The van der Waals surface area contributed by atoms with Crippen molar-refractivity contribution in [1.82, 2.24) is 10.2 Å². The fourth-order valence-corrected chi connectivity index (χ4v) is 4.11. The number of ether oxygens (including phenoxy) is 1. The van der Waals surface area contributed by atoms with Crippen LogP contribution in [0.5, 0.6) is 0 Å². The van der Waals surface area contributed by atoms with E-state index in [4.69, 9.17) is 4.74 Å². The lowest BCUT2D eigenvalue weighted by molar-refractivity contribution is -0.138. The minimum Gasteiger partial charge on any atom is -0.444 e. The molecule has 1 heterocycles. The smallest absolute Gasteiger partial charge is 0.408 e. The Morgan fingerprint density at radius 3 is 2.56 bits per heavy atom. The number of carbonyl (C=O) groups is 2. The minimum atomic E-state index is -0.719. The molecule has 0 spiro atoms. The van der Waals surface area contributed by atoms with E-state index < -0.39 is 23.2 Å². The van der Waals surface area contributed by atoms with Crippen LogP contribution >= 0.6 is 0 Å². The largest absolute Gasteiger partial charge is 0.444 e. The number of rotatable bonds is 4. The van der Waals surface area contributed by atoms with Gasteiger partial charge in [0.05, 0.1) is 6.07 Å². The van der Waals surface area contributed by atoms with E-state index in [-0.39, 0.29) is 18.0 Å². The maximum atomic E-state index is 13.3. The van der Waals surface area contributed by atoms with Crippen LogP contribution in [0.15, 0.2) is 12.7 Å². The van der Waals surface area contributed by atoms with Crippen LogP contribution in [-0.4, -0.2) is 40.6 Å². The maximum absolute atomic E-state index is 13.3. The lowest BCUT2D eigenvalue weighted by Gasteiger charge is -2.46. The molecule has 3 rings (SSSR count). The van der Waals surface area contributed by atoms with Gasteiger partial charge in [-0.25, -0.2) is 4.79 Å². The highest BCUT2D eigenvalue weighted by Crippen LogP contribution is 2.50. The molecule has 0 unspecified atom stereocenters. The zero-order chi connectivity index (χ0) is 18.4. The highest BCUT2D eigenvalue weighted by atomic mass is 16.6. The Morgan fingerprint density at radius 1 is 1.40 bits per heavy atom. The Bertz CT molecular complexity index is 627. The predicted molar refractivity (Wildman–Crippen MR) is 92.4 cm³/mol. The van der Waals surface area contributed by atoms with Gasteiger partial charge in [-0.15, -0.1) is 6.58 Å². The van der Waals surface area contributed by atoms with Crippen LogP contribution in [0.2, 0.25) is 0 Å². The summed E-state index contributed by atoms with van der Waals surface area (Å²) in [4.78, 5) is 27.3. The third-order valence-corrected chi connectivity index (χ3v) is 5.68. The quantitative estimate of drug-likeness (QED) is 0.794. The fourth-order valence-electron chi connectivity index (χ4n) is 4.11. The van der Waals surface area contributed by atoms with Crippen LogP contribution in [0.3, 0.4) is 0 Å². The first-order valence-corrected chi connectivity index (χ1v) is 9.06. The van der Waals surface area contributed by atoms with E-state index in [9.17, 15) is 14.9 Å². The van der Waals surface area contributed by atoms with Crippen molar-refractivity contribution in [1.29, 1.82) is 5.26 Å². The number of nitrogens with zero attached hydrogens (tertiary/aromatic N) is 2. The highest BCUT2D eigenvalue weighted by Gasteiger charge is 2.58. The van der Waals surface area contributed by atoms with Gasteiger partial charge in [-0.3, -0.25) is 4.79 Å². The molecule has 2 saturated carbocycles. The van der Waals surface area contributed by atoms with E-state index in [1.165, 1.54) is 0 Å². The summed E-state index contributed by atoms with van der Waals surface area (Å²) in [6, 6.07) is 1.29. The third kappa shape index (κ3) is 3.24. The van der Waals surface area contributed by atoms with Gasteiger partial charge in [0.1, 0.15) is 17.7 Å². The van der Waals surface area contributed by atoms with E-state index >= 15 is 0 Å². The van der Waals surface area contributed by atoms with Crippen molar-refractivity contribution in [3.63, 3.8) is 0 Å². The summed E-state index contributed by atoms with van der Waals surface area (Å²) in [6.07, 6.45) is 5.51. The SMILES string of the molecule is C=CC1([C@H](NC(=O)OC(C)(C)C)C(=O)N2[C@H](C#N)C[C@@H]3C[C@@H]32)CCC1. The molecule has 136 valence electrons. The van der Waals surface area contributed by atoms with Crippen LogP contribution in [-0.2, 0) is 9.53 Å². The summed E-state index contributed by atoms with van der Waals surface area (Å²) < 4.78 is 5.36. The topological polar surface area (TPSA) is 82.4 Å². The van der Waals surface area contributed by atoms with Gasteiger partial charge in [-0.05, 0) is 52.4 Å². The Balaban J connectivity index is 1.81.